The van der Waals surface area contributed by atoms with Gasteiger partial charge in [0.15, 0.2) is 0 Å². The van der Waals surface area contributed by atoms with Crippen LogP contribution in [0, 0.1) is 13.8 Å². The third-order valence-corrected chi connectivity index (χ3v) is 3.06. The van der Waals surface area contributed by atoms with Gasteiger partial charge in [-0.05, 0) is 47.9 Å². The molecule has 0 aliphatic heterocycles. The van der Waals surface area contributed by atoms with Crippen LogP contribution < -0.4 is 0 Å². The highest BCUT2D eigenvalue weighted by atomic mass is 16.4. The predicted molar refractivity (Wildman–Crippen MR) is 67.3 cm³/mol. The molecule has 0 aliphatic rings. The Morgan fingerprint density at radius 3 is 2.22 bits per heavy atom. The van der Waals surface area contributed by atoms with E-state index in [1.54, 1.807) is 32.0 Å². The molecule has 2 N–H and O–H groups in total. The van der Waals surface area contributed by atoms with Crippen molar-refractivity contribution in [3.05, 3.63) is 46.5 Å². The second-order valence-electron chi connectivity index (χ2n) is 4.24. The summed E-state index contributed by atoms with van der Waals surface area (Å²) in [6, 6.07) is 6.40. The molecule has 92 valence electrons. The van der Waals surface area contributed by atoms with Crippen LogP contribution in [0.2, 0.25) is 0 Å². The Balaban J connectivity index is 2.82. The molecule has 0 saturated heterocycles. The van der Waals surface area contributed by atoms with E-state index >= 15 is 0 Å². The molecule has 0 bridgehead atoms. The summed E-state index contributed by atoms with van der Waals surface area (Å²) in [5.41, 5.74) is 1.78. The zero-order valence-corrected chi connectivity index (χ0v) is 10.0. The molecule has 0 radical (unpaired) electrons. The molecule has 2 rings (SSSR count). The van der Waals surface area contributed by atoms with E-state index in [0.29, 0.717) is 11.1 Å². The first-order chi connectivity index (χ1) is 8.41. The van der Waals surface area contributed by atoms with Gasteiger partial charge in [0.05, 0.1) is 11.1 Å². The van der Waals surface area contributed by atoms with E-state index in [1.165, 1.54) is 6.07 Å². The maximum absolute atomic E-state index is 11.2. The Morgan fingerprint density at radius 1 is 1.00 bits per heavy atom. The van der Waals surface area contributed by atoms with Gasteiger partial charge in [-0.1, -0.05) is 12.1 Å². The molecule has 0 atom stereocenters. The van der Waals surface area contributed by atoms with Gasteiger partial charge in [0.25, 0.3) is 0 Å². The van der Waals surface area contributed by atoms with Crippen LogP contribution >= 0.6 is 0 Å². The van der Waals surface area contributed by atoms with Gasteiger partial charge in [-0.2, -0.15) is 0 Å². The van der Waals surface area contributed by atoms with Crippen molar-refractivity contribution in [2.75, 3.05) is 0 Å². The normalized spacial score (nSPS) is 10.6. The van der Waals surface area contributed by atoms with Crippen LogP contribution in [0.3, 0.4) is 0 Å². The highest BCUT2D eigenvalue weighted by Crippen LogP contribution is 2.26. The largest absolute Gasteiger partial charge is 0.478 e. The van der Waals surface area contributed by atoms with Crippen molar-refractivity contribution in [1.82, 2.24) is 0 Å². The highest BCUT2D eigenvalue weighted by molar-refractivity contribution is 6.01. The van der Waals surface area contributed by atoms with Gasteiger partial charge >= 0.3 is 11.9 Å². The van der Waals surface area contributed by atoms with Crippen molar-refractivity contribution in [2.24, 2.45) is 0 Å². The topological polar surface area (TPSA) is 74.6 Å². The maximum Gasteiger partial charge on any atom is 0.336 e. The molecule has 0 aliphatic carbocycles. The summed E-state index contributed by atoms with van der Waals surface area (Å²) in [5.74, 6) is -1.95. The summed E-state index contributed by atoms with van der Waals surface area (Å²) in [6.07, 6.45) is 0. The van der Waals surface area contributed by atoms with Crippen LogP contribution in [0.1, 0.15) is 31.8 Å². The number of aromatic carboxylic acids is 2. The van der Waals surface area contributed by atoms with Crippen molar-refractivity contribution < 1.29 is 19.8 Å². The number of aryl methyl sites for hydroxylation is 2. The Labute approximate surface area is 103 Å². The van der Waals surface area contributed by atoms with E-state index in [9.17, 15) is 9.59 Å². The van der Waals surface area contributed by atoms with Gasteiger partial charge in [-0.25, -0.2) is 9.59 Å². The van der Waals surface area contributed by atoms with Gasteiger partial charge in [0.2, 0.25) is 0 Å². The second kappa shape index (κ2) is 4.14. The lowest BCUT2D eigenvalue weighted by Crippen LogP contribution is -2.04. The molecular formula is C14H12O4. The van der Waals surface area contributed by atoms with E-state index in [1.807, 2.05) is 0 Å². The fourth-order valence-electron chi connectivity index (χ4n) is 2.22. The summed E-state index contributed by atoms with van der Waals surface area (Å²) in [6.45, 7) is 3.45. The van der Waals surface area contributed by atoms with E-state index in [0.717, 1.165) is 10.8 Å². The number of benzene rings is 2. The molecular weight excluding hydrogens is 232 g/mol. The highest BCUT2D eigenvalue weighted by Gasteiger charge is 2.14. The van der Waals surface area contributed by atoms with Gasteiger partial charge in [-0.15, -0.1) is 0 Å². The molecule has 18 heavy (non-hydrogen) atoms. The Kier molecular flexibility index (Phi) is 2.79. The van der Waals surface area contributed by atoms with E-state index in [2.05, 4.69) is 0 Å². The number of carboxylic acids is 2. The molecule has 0 spiro atoms. The predicted octanol–water partition coefficient (Wildman–Crippen LogP) is 2.85. The lowest BCUT2D eigenvalue weighted by Gasteiger charge is -2.10. The molecule has 0 fully saturated rings. The van der Waals surface area contributed by atoms with E-state index < -0.39 is 11.9 Å². The van der Waals surface area contributed by atoms with Crippen LogP contribution in [0.15, 0.2) is 24.3 Å². The molecule has 0 heterocycles. The Hall–Kier alpha value is -2.36. The second-order valence-corrected chi connectivity index (χ2v) is 4.24. The third kappa shape index (κ3) is 1.82. The molecule has 4 heteroatoms. The van der Waals surface area contributed by atoms with Gasteiger partial charge in [-0.3, -0.25) is 0 Å². The van der Waals surface area contributed by atoms with Crippen LogP contribution in [0.25, 0.3) is 10.8 Å². The Bertz CT molecular complexity index is 671. The number of rotatable bonds is 2. The first kappa shape index (κ1) is 12.1. The lowest BCUT2D eigenvalue weighted by molar-refractivity contribution is 0.0685. The molecule has 2 aromatic rings. The van der Waals surface area contributed by atoms with Gasteiger partial charge in [0, 0.05) is 0 Å². The standard InChI is InChI=1S/C14H12O4/c1-7-5-10-6-9(13(15)16)3-4-11(10)8(2)12(7)14(17)18/h3-6H,1-2H3,(H,15,16)(H,17,18). The third-order valence-electron chi connectivity index (χ3n) is 3.06. The average molecular weight is 244 g/mol. The van der Waals surface area contributed by atoms with Crippen LogP contribution in [0.5, 0.6) is 0 Å². The lowest BCUT2D eigenvalue weighted by atomic mass is 9.94. The van der Waals surface area contributed by atoms with Crippen molar-refractivity contribution in [2.45, 2.75) is 13.8 Å². The zero-order valence-electron chi connectivity index (χ0n) is 10.0. The Morgan fingerprint density at radius 2 is 1.67 bits per heavy atom. The SMILES string of the molecule is Cc1cc2cc(C(=O)O)ccc2c(C)c1C(=O)O. The number of carboxylic acid groups (broad SMARTS) is 2. The zero-order chi connectivity index (χ0) is 13.4. The fourth-order valence-corrected chi connectivity index (χ4v) is 2.22. The van der Waals surface area contributed by atoms with Crippen molar-refractivity contribution in [1.29, 1.82) is 0 Å². The maximum atomic E-state index is 11.2. The first-order valence-electron chi connectivity index (χ1n) is 5.42. The molecule has 2 aromatic carbocycles. The quantitative estimate of drug-likeness (QED) is 0.851. The number of hydrogen-bond acceptors (Lipinski definition) is 2. The minimum Gasteiger partial charge on any atom is -0.478 e. The summed E-state index contributed by atoms with van der Waals surface area (Å²) in [4.78, 5) is 22.1. The fraction of sp³-hybridized carbons (Fsp3) is 0.143. The average Bonchev–Trinajstić information content (AvgIpc) is 2.27. The van der Waals surface area contributed by atoms with Crippen molar-refractivity contribution in [3.8, 4) is 0 Å². The monoisotopic (exact) mass is 244 g/mol. The van der Waals surface area contributed by atoms with Crippen LogP contribution in [0.4, 0.5) is 0 Å². The molecule has 0 saturated carbocycles. The number of fused-ring (bicyclic) bond motifs is 1. The molecule has 0 amide bonds. The minimum absolute atomic E-state index is 0.198. The summed E-state index contributed by atoms with van der Waals surface area (Å²) < 4.78 is 0. The van der Waals surface area contributed by atoms with E-state index in [4.69, 9.17) is 10.2 Å². The van der Waals surface area contributed by atoms with Crippen LogP contribution in [-0.2, 0) is 0 Å². The summed E-state index contributed by atoms with van der Waals surface area (Å²) >= 11 is 0. The van der Waals surface area contributed by atoms with Gasteiger partial charge < -0.3 is 10.2 Å². The summed E-state index contributed by atoms with van der Waals surface area (Å²) in [5, 5.41) is 19.6. The molecule has 0 unspecified atom stereocenters. The van der Waals surface area contributed by atoms with E-state index in [-0.39, 0.29) is 11.1 Å². The smallest absolute Gasteiger partial charge is 0.336 e. The van der Waals surface area contributed by atoms with Crippen LogP contribution in [-0.4, -0.2) is 22.2 Å². The van der Waals surface area contributed by atoms with Crippen molar-refractivity contribution >= 4 is 22.7 Å². The summed E-state index contributed by atoms with van der Waals surface area (Å²) in [7, 11) is 0. The minimum atomic E-state index is -0.991. The number of hydrogen-bond donors (Lipinski definition) is 2. The molecule has 0 aromatic heterocycles. The molecule has 4 nitrogen and oxygen atoms in total. The number of carbonyl (C=O) groups is 2. The first-order valence-corrected chi connectivity index (χ1v) is 5.42. The van der Waals surface area contributed by atoms with Crippen molar-refractivity contribution in [3.63, 3.8) is 0 Å². The van der Waals surface area contributed by atoms with Gasteiger partial charge in [0.1, 0.15) is 0 Å².